The summed E-state index contributed by atoms with van der Waals surface area (Å²) >= 11 is 3.53. The van der Waals surface area contributed by atoms with Crippen LogP contribution < -0.4 is 5.32 Å². The first-order chi connectivity index (χ1) is 15.6. The number of carbonyl (C=O) groups excluding carboxylic acids is 1. The number of aliphatic carboxylic acids is 1. The van der Waals surface area contributed by atoms with Gasteiger partial charge in [-0.15, -0.1) is 23.5 Å². The van der Waals surface area contributed by atoms with Crippen LogP contribution in [0.4, 0.5) is 5.69 Å². The Kier molecular flexibility index (Phi) is 13.7. The van der Waals surface area contributed by atoms with Crippen LogP contribution in [0.3, 0.4) is 0 Å². The number of thioether (sulfide) groups is 2. The standard InChI is InChI=1S/C26H35NO3S2/c28-25(27-23-16-10-11-17-24(23)32-21-13-19-26(29)30)18-9-4-2-1-3-5-12-20-31-22-14-7-6-8-15-22/h6-8,10-11,14-17H,1-5,9,12-13,18-21H2,(H,27,28)(H,29,30). The van der Waals surface area contributed by atoms with Crippen molar-refractivity contribution >= 4 is 41.1 Å². The van der Waals surface area contributed by atoms with Gasteiger partial charge in [0.2, 0.25) is 5.91 Å². The Morgan fingerprint density at radius 3 is 2.06 bits per heavy atom. The van der Waals surface area contributed by atoms with Crippen LogP contribution in [-0.4, -0.2) is 28.5 Å². The molecule has 2 aromatic rings. The molecule has 0 aromatic heterocycles. The summed E-state index contributed by atoms with van der Waals surface area (Å²) in [6.45, 7) is 0. The minimum atomic E-state index is -0.769. The number of nitrogens with one attached hydrogen (secondary N) is 1. The van der Waals surface area contributed by atoms with Crippen molar-refractivity contribution in [3.05, 3.63) is 54.6 Å². The number of anilines is 1. The molecule has 0 heterocycles. The number of benzene rings is 2. The van der Waals surface area contributed by atoms with Gasteiger partial charge in [0.25, 0.3) is 0 Å². The first-order valence-corrected chi connectivity index (χ1v) is 13.5. The van der Waals surface area contributed by atoms with Gasteiger partial charge in [-0.05, 0) is 55.0 Å². The average Bonchev–Trinajstić information content (AvgIpc) is 2.79. The lowest BCUT2D eigenvalue weighted by Crippen LogP contribution is -2.11. The highest BCUT2D eigenvalue weighted by molar-refractivity contribution is 7.99. The Labute approximate surface area is 201 Å². The quantitative estimate of drug-likeness (QED) is 0.184. The normalized spacial score (nSPS) is 10.8. The zero-order chi connectivity index (χ0) is 22.9. The van der Waals surface area contributed by atoms with Gasteiger partial charge < -0.3 is 10.4 Å². The van der Waals surface area contributed by atoms with E-state index in [1.807, 2.05) is 36.0 Å². The summed E-state index contributed by atoms with van der Waals surface area (Å²) in [7, 11) is 0. The summed E-state index contributed by atoms with van der Waals surface area (Å²) < 4.78 is 0. The minimum Gasteiger partial charge on any atom is -0.481 e. The van der Waals surface area contributed by atoms with Crippen molar-refractivity contribution < 1.29 is 14.7 Å². The molecule has 0 aliphatic heterocycles. The van der Waals surface area contributed by atoms with Crippen LogP contribution in [-0.2, 0) is 9.59 Å². The second-order valence-corrected chi connectivity index (χ2v) is 10.1. The van der Waals surface area contributed by atoms with E-state index in [4.69, 9.17) is 5.11 Å². The van der Waals surface area contributed by atoms with Crippen molar-refractivity contribution in [3.63, 3.8) is 0 Å². The van der Waals surface area contributed by atoms with Crippen molar-refractivity contribution in [1.29, 1.82) is 0 Å². The van der Waals surface area contributed by atoms with Crippen LogP contribution >= 0.6 is 23.5 Å². The number of hydrogen-bond donors (Lipinski definition) is 2. The molecule has 0 unspecified atom stereocenters. The Hall–Kier alpha value is -1.92. The fraction of sp³-hybridized carbons (Fsp3) is 0.462. The Morgan fingerprint density at radius 1 is 0.688 bits per heavy atom. The van der Waals surface area contributed by atoms with Gasteiger partial charge in [-0.2, -0.15) is 0 Å². The largest absolute Gasteiger partial charge is 0.481 e. The van der Waals surface area contributed by atoms with Crippen molar-refractivity contribution in [2.45, 2.75) is 74.0 Å². The minimum absolute atomic E-state index is 0.0570. The van der Waals surface area contributed by atoms with Gasteiger partial charge >= 0.3 is 5.97 Å². The number of unbranched alkanes of at least 4 members (excludes halogenated alkanes) is 6. The third-order valence-electron chi connectivity index (χ3n) is 5.01. The zero-order valence-corrected chi connectivity index (χ0v) is 20.4. The third kappa shape index (κ3) is 12.2. The molecule has 4 nitrogen and oxygen atoms in total. The molecular weight excluding hydrogens is 438 g/mol. The number of rotatable bonds is 17. The fourth-order valence-corrected chi connectivity index (χ4v) is 5.18. The van der Waals surface area contributed by atoms with Gasteiger partial charge in [0, 0.05) is 22.6 Å². The number of hydrogen-bond acceptors (Lipinski definition) is 4. The van der Waals surface area contributed by atoms with Gasteiger partial charge in [-0.1, -0.05) is 62.4 Å². The monoisotopic (exact) mass is 473 g/mol. The molecule has 174 valence electrons. The summed E-state index contributed by atoms with van der Waals surface area (Å²) in [5, 5.41) is 11.8. The molecule has 0 radical (unpaired) electrons. The third-order valence-corrected chi connectivity index (χ3v) is 7.27. The maximum absolute atomic E-state index is 12.3. The highest BCUT2D eigenvalue weighted by Crippen LogP contribution is 2.28. The summed E-state index contributed by atoms with van der Waals surface area (Å²) in [6.07, 6.45) is 9.60. The number of para-hydroxylation sites is 1. The van der Waals surface area contributed by atoms with Crippen LogP contribution in [0.2, 0.25) is 0 Å². The molecule has 6 heteroatoms. The zero-order valence-electron chi connectivity index (χ0n) is 18.8. The predicted octanol–water partition coefficient (Wildman–Crippen LogP) is 7.50. The van der Waals surface area contributed by atoms with E-state index >= 15 is 0 Å². The molecule has 2 rings (SSSR count). The van der Waals surface area contributed by atoms with Crippen molar-refractivity contribution in [3.8, 4) is 0 Å². The summed E-state index contributed by atoms with van der Waals surface area (Å²) in [5.74, 6) is 1.20. The van der Waals surface area contributed by atoms with Crippen molar-refractivity contribution in [2.75, 3.05) is 16.8 Å². The van der Waals surface area contributed by atoms with Crippen LogP contribution in [0.5, 0.6) is 0 Å². The van der Waals surface area contributed by atoms with E-state index in [0.29, 0.717) is 12.8 Å². The molecule has 0 bridgehead atoms. The van der Waals surface area contributed by atoms with E-state index in [-0.39, 0.29) is 12.3 Å². The van der Waals surface area contributed by atoms with Crippen molar-refractivity contribution in [1.82, 2.24) is 0 Å². The molecule has 0 atom stereocenters. The van der Waals surface area contributed by atoms with E-state index in [9.17, 15) is 9.59 Å². The number of amides is 1. The van der Waals surface area contributed by atoms with E-state index in [1.54, 1.807) is 11.8 Å². The van der Waals surface area contributed by atoms with Gasteiger partial charge in [0.05, 0.1) is 5.69 Å². The highest BCUT2D eigenvalue weighted by Gasteiger charge is 2.07. The van der Waals surface area contributed by atoms with E-state index < -0.39 is 5.97 Å². The summed E-state index contributed by atoms with van der Waals surface area (Å²) in [6, 6.07) is 18.3. The van der Waals surface area contributed by atoms with E-state index in [2.05, 4.69) is 35.6 Å². The molecule has 0 spiro atoms. The summed E-state index contributed by atoms with van der Waals surface area (Å²) in [5.41, 5.74) is 0.825. The molecule has 2 N–H and O–H groups in total. The lowest BCUT2D eigenvalue weighted by molar-refractivity contribution is -0.137. The molecular formula is C26H35NO3S2. The number of carboxylic acid groups (broad SMARTS) is 1. The first-order valence-electron chi connectivity index (χ1n) is 11.6. The molecule has 2 aromatic carbocycles. The van der Waals surface area contributed by atoms with Crippen molar-refractivity contribution in [2.24, 2.45) is 0 Å². The lowest BCUT2D eigenvalue weighted by atomic mass is 10.1. The Balaban J connectivity index is 1.49. The van der Waals surface area contributed by atoms with Crippen LogP contribution in [0.15, 0.2) is 64.4 Å². The molecule has 32 heavy (non-hydrogen) atoms. The predicted molar refractivity (Wildman–Crippen MR) is 137 cm³/mol. The molecule has 0 aliphatic carbocycles. The maximum Gasteiger partial charge on any atom is 0.303 e. The number of carboxylic acids is 1. The van der Waals surface area contributed by atoms with Gasteiger partial charge in [0.15, 0.2) is 0 Å². The molecule has 0 saturated carbocycles. The van der Waals surface area contributed by atoms with Gasteiger partial charge in [-0.25, -0.2) is 0 Å². The molecule has 0 aliphatic rings. The Morgan fingerprint density at radius 2 is 1.31 bits per heavy atom. The lowest BCUT2D eigenvalue weighted by Gasteiger charge is -2.10. The topological polar surface area (TPSA) is 66.4 Å². The SMILES string of the molecule is O=C(O)CCCSc1ccccc1NC(=O)CCCCCCCCCSc1ccccc1. The molecule has 1 amide bonds. The Bertz CT molecular complexity index is 799. The fourth-order valence-electron chi connectivity index (χ4n) is 3.29. The van der Waals surface area contributed by atoms with E-state index in [0.717, 1.165) is 29.2 Å². The molecule has 0 saturated heterocycles. The van der Waals surface area contributed by atoms with Gasteiger partial charge in [0.1, 0.15) is 0 Å². The van der Waals surface area contributed by atoms with E-state index in [1.165, 1.54) is 42.8 Å². The second kappa shape index (κ2) is 16.7. The summed E-state index contributed by atoms with van der Waals surface area (Å²) in [4.78, 5) is 25.3. The van der Waals surface area contributed by atoms with Crippen LogP contribution in [0.25, 0.3) is 0 Å². The van der Waals surface area contributed by atoms with Crippen LogP contribution in [0, 0.1) is 0 Å². The first kappa shape index (κ1) is 26.3. The van der Waals surface area contributed by atoms with Crippen LogP contribution in [0.1, 0.15) is 64.2 Å². The molecule has 0 fully saturated rings. The maximum atomic E-state index is 12.3. The smallest absolute Gasteiger partial charge is 0.303 e. The number of carbonyl (C=O) groups is 2. The highest BCUT2D eigenvalue weighted by atomic mass is 32.2. The second-order valence-electron chi connectivity index (χ2n) is 7.78. The average molecular weight is 474 g/mol. The van der Waals surface area contributed by atoms with Gasteiger partial charge in [-0.3, -0.25) is 9.59 Å².